The van der Waals surface area contributed by atoms with Crippen LogP contribution in [0.25, 0.3) is 0 Å². The highest BCUT2D eigenvalue weighted by Crippen LogP contribution is 2.32. The maximum atomic E-state index is 12.2. The van der Waals surface area contributed by atoms with Gasteiger partial charge in [-0.2, -0.15) is 0 Å². The Morgan fingerprint density at radius 1 is 1.56 bits per heavy atom. The molecule has 1 aliphatic heterocycles. The van der Waals surface area contributed by atoms with Gasteiger partial charge in [-0.3, -0.25) is 4.79 Å². The summed E-state index contributed by atoms with van der Waals surface area (Å²) in [6.07, 6.45) is 1.50. The molecule has 1 saturated heterocycles. The number of ether oxygens (including phenoxy) is 1. The molecule has 1 atom stereocenters. The molecule has 0 spiro atoms. The topological polar surface area (TPSA) is 38.3 Å². The Hall–Kier alpha value is -1.06. The highest BCUT2D eigenvalue weighted by molar-refractivity contribution is 6.30. The lowest BCUT2D eigenvalue weighted by atomic mass is 9.81. The molecular formula is C14H18ClNO2. The van der Waals surface area contributed by atoms with Gasteiger partial charge < -0.3 is 10.1 Å². The Morgan fingerprint density at radius 3 is 3.00 bits per heavy atom. The van der Waals surface area contributed by atoms with E-state index >= 15 is 0 Å². The monoisotopic (exact) mass is 267 g/mol. The van der Waals surface area contributed by atoms with E-state index in [0.717, 1.165) is 18.5 Å². The summed E-state index contributed by atoms with van der Waals surface area (Å²) in [4.78, 5) is 12.2. The van der Waals surface area contributed by atoms with E-state index in [1.807, 2.05) is 31.2 Å². The van der Waals surface area contributed by atoms with E-state index in [-0.39, 0.29) is 5.97 Å². The molecule has 18 heavy (non-hydrogen) atoms. The molecule has 0 amide bonds. The van der Waals surface area contributed by atoms with Crippen molar-refractivity contribution in [1.29, 1.82) is 0 Å². The van der Waals surface area contributed by atoms with Crippen LogP contribution in [-0.4, -0.2) is 25.7 Å². The van der Waals surface area contributed by atoms with Crippen molar-refractivity contribution in [2.75, 3.05) is 19.7 Å². The quantitative estimate of drug-likeness (QED) is 0.852. The molecule has 1 N–H and O–H groups in total. The van der Waals surface area contributed by atoms with Gasteiger partial charge in [0.1, 0.15) is 0 Å². The molecule has 1 aromatic rings. The molecule has 1 heterocycles. The second-order valence-electron chi connectivity index (χ2n) is 4.73. The highest BCUT2D eigenvalue weighted by Gasteiger charge is 2.42. The van der Waals surface area contributed by atoms with Crippen molar-refractivity contribution < 1.29 is 9.53 Å². The van der Waals surface area contributed by atoms with Gasteiger partial charge in [-0.1, -0.05) is 23.7 Å². The summed E-state index contributed by atoms with van der Waals surface area (Å²) in [5, 5.41) is 3.96. The standard InChI is InChI=1S/C14H18ClNO2/c1-2-18-13(17)14(6-7-16-10-14)9-11-4-3-5-12(15)8-11/h3-5,8,16H,2,6-7,9-10H2,1H3. The summed E-state index contributed by atoms with van der Waals surface area (Å²) < 4.78 is 5.22. The molecule has 0 radical (unpaired) electrons. The van der Waals surface area contributed by atoms with Gasteiger partial charge in [-0.15, -0.1) is 0 Å². The van der Waals surface area contributed by atoms with Gasteiger partial charge in [-0.25, -0.2) is 0 Å². The normalized spacial score (nSPS) is 23.0. The average molecular weight is 268 g/mol. The van der Waals surface area contributed by atoms with Crippen molar-refractivity contribution in [2.45, 2.75) is 19.8 Å². The minimum absolute atomic E-state index is 0.102. The Bertz CT molecular complexity index is 428. The van der Waals surface area contributed by atoms with Crippen LogP contribution < -0.4 is 5.32 Å². The maximum Gasteiger partial charge on any atom is 0.313 e. The van der Waals surface area contributed by atoms with Crippen LogP contribution in [0.4, 0.5) is 0 Å². The third kappa shape index (κ3) is 2.85. The van der Waals surface area contributed by atoms with Crippen molar-refractivity contribution in [1.82, 2.24) is 5.32 Å². The van der Waals surface area contributed by atoms with Gasteiger partial charge >= 0.3 is 5.97 Å². The number of rotatable bonds is 4. The van der Waals surface area contributed by atoms with Gasteiger partial charge in [0.15, 0.2) is 0 Å². The molecule has 1 fully saturated rings. The van der Waals surface area contributed by atoms with E-state index < -0.39 is 5.41 Å². The Kier molecular flexibility index (Phi) is 4.25. The lowest BCUT2D eigenvalue weighted by Gasteiger charge is -2.25. The maximum absolute atomic E-state index is 12.2. The van der Waals surface area contributed by atoms with Crippen LogP contribution in [-0.2, 0) is 16.0 Å². The molecule has 98 valence electrons. The molecule has 0 aliphatic carbocycles. The lowest BCUT2D eigenvalue weighted by molar-refractivity contribution is -0.154. The largest absolute Gasteiger partial charge is 0.466 e. The first kappa shape index (κ1) is 13.4. The van der Waals surface area contributed by atoms with E-state index in [4.69, 9.17) is 16.3 Å². The van der Waals surface area contributed by atoms with Crippen LogP contribution in [0, 0.1) is 5.41 Å². The van der Waals surface area contributed by atoms with Crippen molar-refractivity contribution in [3.8, 4) is 0 Å². The number of carbonyl (C=O) groups is 1. The number of carbonyl (C=O) groups excluding carboxylic acids is 1. The van der Waals surface area contributed by atoms with E-state index in [9.17, 15) is 4.79 Å². The zero-order chi connectivity index (χ0) is 13.0. The molecule has 3 nitrogen and oxygen atoms in total. The zero-order valence-corrected chi connectivity index (χ0v) is 11.3. The highest BCUT2D eigenvalue weighted by atomic mass is 35.5. The Balaban J connectivity index is 2.18. The van der Waals surface area contributed by atoms with Crippen LogP contribution in [0.5, 0.6) is 0 Å². The molecule has 4 heteroatoms. The molecule has 0 saturated carbocycles. The summed E-state index contributed by atoms with van der Waals surface area (Å²) in [6, 6.07) is 7.68. The van der Waals surface area contributed by atoms with Gasteiger partial charge in [0, 0.05) is 11.6 Å². The van der Waals surface area contributed by atoms with Crippen molar-refractivity contribution in [2.24, 2.45) is 5.41 Å². The molecule has 1 aromatic carbocycles. The predicted octanol–water partition coefficient (Wildman–Crippen LogP) is 2.43. The van der Waals surface area contributed by atoms with Gasteiger partial charge in [0.25, 0.3) is 0 Å². The number of hydrogen-bond acceptors (Lipinski definition) is 3. The molecule has 1 unspecified atom stereocenters. The van der Waals surface area contributed by atoms with Gasteiger partial charge in [0.05, 0.1) is 12.0 Å². The molecule has 0 aromatic heterocycles. The summed E-state index contributed by atoms with van der Waals surface area (Å²) in [5.74, 6) is -0.102. The Morgan fingerprint density at radius 2 is 2.39 bits per heavy atom. The second kappa shape index (κ2) is 5.72. The van der Waals surface area contributed by atoms with Gasteiger partial charge in [-0.05, 0) is 44.0 Å². The van der Waals surface area contributed by atoms with Crippen molar-refractivity contribution >= 4 is 17.6 Å². The minimum Gasteiger partial charge on any atom is -0.466 e. The summed E-state index contributed by atoms with van der Waals surface area (Å²) >= 11 is 5.98. The van der Waals surface area contributed by atoms with E-state index in [1.54, 1.807) is 0 Å². The molecule has 0 bridgehead atoms. The third-order valence-electron chi connectivity index (χ3n) is 3.38. The van der Waals surface area contributed by atoms with Crippen LogP contribution in [0.2, 0.25) is 5.02 Å². The first-order valence-corrected chi connectivity index (χ1v) is 6.66. The number of benzene rings is 1. The van der Waals surface area contributed by atoms with Crippen LogP contribution in [0.15, 0.2) is 24.3 Å². The fourth-order valence-corrected chi connectivity index (χ4v) is 2.68. The van der Waals surface area contributed by atoms with E-state index in [2.05, 4.69) is 5.32 Å². The molecule has 2 rings (SSSR count). The first-order chi connectivity index (χ1) is 8.66. The van der Waals surface area contributed by atoms with E-state index in [0.29, 0.717) is 24.6 Å². The third-order valence-corrected chi connectivity index (χ3v) is 3.62. The van der Waals surface area contributed by atoms with E-state index in [1.165, 1.54) is 0 Å². The van der Waals surface area contributed by atoms with Gasteiger partial charge in [0.2, 0.25) is 0 Å². The molecule has 1 aliphatic rings. The van der Waals surface area contributed by atoms with Crippen molar-refractivity contribution in [3.63, 3.8) is 0 Å². The lowest BCUT2D eigenvalue weighted by Crippen LogP contribution is -2.37. The number of esters is 1. The fraction of sp³-hybridized carbons (Fsp3) is 0.500. The first-order valence-electron chi connectivity index (χ1n) is 6.29. The van der Waals surface area contributed by atoms with Crippen LogP contribution in [0.3, 0.4) is 0 Å². The van der Waals surface area contributed by atoms with Crippen molar-refractivity contribution in [3.05, 3.63) is 34.9 Å². The predicted molar refractivity (Wildman–Crippen MR) is 71.7 cm³/mol. The van der Waals surface area contributed by atoms with Crippen LogP contribution in [0.1, 0.15) is 18.9 Å². The minimum atomic E-state index is -0.430. The SMILES string of the molecule is CCOC(=O)C1(Cc2cccc(Cl)c2)CCNC1. The second-order valence-corrected chi connectivity index (χ2v) is 5.17. The smallest absolute Gasteiger partial charge is 0.313 e. The summed E-state index contributed by atoms with van der Waals surface area (Å²) in [7, 11) is 0. The number of halogens is 1. The molecular weight excluding hydrogens is 250 g/mol. The average Bonchev–Trinajstić information content (AvgIpc) is 2.79. The fourth-order valence-electron chi connectivity index (χ4n) is 2.46. The van der Waals surface area contributed by atoms with Crippen LogP contribution >= 0.6 is 11.6 Å². The summed E-state index contributed by atoms with van der Waals surface area (Å²) in [5.41, 5.74) is 0.653. The number of nitrogens with one attached hydrogen (secondary N) is 1. The summed E-state index contributed by atoms with van der Waals surface area (Å²) in [6.45, 7) is 3.81. The number of hydrogen-bond donors (Lipinski definition) is 1. The zero-order valence-electron chi connectivity index (χ0n) is 10.5. The Labute approximate surface area is 112 Å².